The quantitative estimate of drug-likeness (QED) is 0.516. The lowest BCUT2D eigenvalue weighted by molar-refractivity contribution is -0.126. The molecule has 32 heavy (non-hydrogen) atoms. The van der Waals surface area contributed by atoms with Crippen molar-refractivity contribution in [3.8, 4) is 0 Å². The molecule has 1 saturated heterocycles. The molecule has 2 aromatic heterocycles. The van der Waals surface area contributed by atoms with Crippen molar-refractivity contribution in [2.45, 2.75) is 43.3 Å². The van der Waals surface area contributed by atoms with E-state index in [-0.39, 0.29) is 15.8 Å². The molecule has 11 heteroatoms. The van der Waals surface area contributed by atoms with Crippen molar-refractivity contribution in [2.24, 2.45) is 0 Å². The summed E-state index contributed by atoms with van der Waals surface area (Å²) in [6.07, 6.45) is -2.69. The molecule has 1 aliphatic rings. The van der Waals surface area contributed by atoms with Crippen molar-refractivity contribution in [1.29, 1.82) is 0 Å². The molecule has 0 aliphatic carbocycles. The van der Waals surface area contributed by atoms with E-state index in [4.69, 9.17) is 0 Å². The summed E-state index contributed by atoms with van der Waals surface area (Å²) in [4.78, 5) is 11.5. The van der Waals surface area contributed by atoms with Gasteiger partial charge in [0.2, 0.25) is 10.0 Å². The molecule has 4 rings (SSSR count). The second-order valence-corrected chi connectivity index (χ2v) is 10.7. The largest absolute Gasteiger partial charge is 0.393 e. The minimum atomic E-state index is -4.28. The minimum absolute atomic E-state index is 0.151. The second kappa shape index (κ2) is 8.95. The number of piperidine rings is 1. The molecule has 0 amide bonds. The van der Waals surface area contributed by atoms with Gasteiger partial charge < -0.3 is 4.90 Å². The third-order valence-electron chi connectivity index (χ3n) is 5.57. The van der Waals surface area contributed by atoms with Crippen molar-refractivity contribution in [2.75, 3.05) is 24.5 Å². The fourth-order valence-corrected chi connectivity index (χ4v) is 6.88. The van der Waals surface area contributed by atoms with Gasteiger partial charge in [0.15, 0.2) is 0 Å². The van der Waals surface area contributed by atoms with Crippen molar-refractivity contribution in [1.82, 2.24) is 14.3 Å². The lowest BCUT2D eigenvalue weighted by Crippen LogP contribution is -2.47. The highest BCUT2D eigenvalue weighted by molar-refractivity contribution is 7.89. The number of alkyl halides is 3. The van der Waals surface area contributed by atoms with Crippen LogP contribution in [0.2, 0.25) is 0 Å². The van der Waals surface area contributed by atoms with Crippen LogP contribution in [0, 0.1) is 0 Å². The van der Waals surface area contributed by atoms with Gasteiger partial charge in [0.25, 0.3) is 0 Å². The van der Waals surface area contributed by atoms with Crippen molar-refractivity contribution >= 4 is 37.4 Å². The number of thiophene rings is 1. The fourth-order valence-electron chi connectivity index (χ4n) is 4.15. The van der Waals surface area contributed by atoms with Gasteiger partial charge in [0.05, 0.1) is 16.7 Å². The number of sulfonamides is 1. The van der Waals surface area contributed by atoms with Crippen LogP contribution in [0.3, 0.4) is 0 Å². The Morgan fingerprint density at radius 2 is 1.84 bits per heavy atom. The predicted octanol–water partition coefficient (Wildman–Crippen LogP) is 4.48. The summed E-state index contributed by atoms with van der Waals surface area (Å²) >= 11 is 1.03. The Hall–Kier alpha value is -2.24. The lowest BCUT2D eigenvalue weighted by Gasteiger charge is -2.38. The van der Waals surface area contributed by atoms with Gasteiger partial charge in [-0.3, -0.25) is 0 Å². The van der Waals surface area contributed by atoms with Gasteiger partial charge in [0.1, 0.15) is 17.0 Å². The van der Waals surface area contributed by atoms with E-state index in [9.17, 15) is 21.6 Å². The SMILES string of the molecule is CCN(C1CCN(c2ncnc3sc(CC(F)(F)F)cc23)CC1)S(=O)(=O)c1ccccc1. The number of halogens is 3. The summed E-state index contributed by atoms with van der Waals surface area (Å²) in [6.45, 7) is 3.31. The fraction of sp³-hybridized carbons (Fsp3) is 0.429. The predicted molar refractivity (Wildman–Crippen MR) is 118 cm³/mol. The van der Waals surface area contributed by atoms with Gasteiger partial charge in [0, 0.05) is 30.6 Å². The summed E-state index contributed by atoms with van der Waals surface area (Å²) in [5.41, 5.74) is 0. The molecule has 0 saturated carbocycles. The average molecular weight is 485 g/mol. The number of benzene rings is 1. The summed E-state index contributed by atoms with van der Waals surface area (Å²) in [6, 6.07) is 9.75. The van der Waals surface area contributed by atoms with Crippen molar-refractivity contribution in [3.63, 3.8) is 0 Å². The molecular weight excluding hydrogens is 461 g/mol. The average Bonchev–Trinajstić information content (AvgIpc) is 3.16. The van der Waals surface area contributed by atoms with Crippen molar-refractivity contribution in [3.05, 3.63) is 47.6 Å². The summed E-state index contributed by atoms with van der Waals surface area (Å²) in [5.74, 6) is 0.604. The Morgan fingerprint density at radius 1 is 1.16 bits per heavy atom. The van der Waals surface area contributed by atoms with E-state index in [0.29, 0.717) is 48.5 Å². The zero-order valence-corrected chi connectivity index (χ0v) is 19.1. The Morgan fingerprint density at radius 3 is 2.47 bits per heavy atom. The monoisotopic (exact) mass is 484 g/mol. The molecule has 3 heterocycles. The van der Waals surface area contributed by atoms with E-state index in [2.05, 4.69) is 9.97 Å². The van der Waals surface area contributed by atoms with Crippen LogP contribution in [0.25, 0.3) is 10.2 Å². The first-order chi connectivity index (χ1) is 15.2. The van der Waals surface area contributed by atoms with Crippen LogP contribution in [0.5, 0.6) is 0 Å². The molecule has 6 nitrogen and oxygen atoms in total. The molecule has 0 N–H and O–H groups in total. The molecule has 0 unspecified atom stereocenters. The molecule has 172 valence electrons. The summed E-state index contributed by atoms with van der Waals surface area (Å²) < 4.78 is 66.2. The van der Waals surface area contributed by atoms with Crippen LogP contribution >= 0.6 is 11.3 Å². The van der Waals surface area contributed by atoms with Crippen LogP contribution in [-0.4, -0.2) is 54.5 Å². The maximum absolute atomic E-state index is 13.1. The molecule has 0 radical (unpaired) electrons. The van der Waals surface area contributed by atoms with E-state index < -0.39 is 22.6 Å². The molecule has 1 fully saturated rings. The molecule has 0 atom stereocenters. The Balaban J connectivity index is 1.52. The van der Waals surface area contributed by atoms with E-state index in [1.165, 1.54) is 12.4 Å². The van der Waals surface area contributed by atoms with Gasteiger partial charge in [-0.05, 0) is 31.0 Å². The van der Waals surface area contributed by atoms with Crippen LogP contribution in [0.15, 0.2) is 47.6 Å². The highest BCUT2D eigenvalue weighted by Gasteiger charge is 2.34. The summed E-state index contributed by atoms with van der Waals surface area (Å²) in [5, 5.41) is 0.611. The number of aromatic nitrogens is 2. The van der Waals surface area contributed by atoms with E-state index in [0.717, 1.165) is 11.3 Å². The number of nitrogens with zero attached hydrogens (tertiary/aromatic N) is 4. The van der Waals surface area contributed by atoms with Crippen LogP contribution < -0.4 is 4.90 Å². The number of fused-ring (bicyclic) bond motifs is 1. The Bertz CT molecular complexity index is 1170. The first kappa shape index (κ1) is 22.9. The number of rotatable bonds is 6. The van der Waals surface area contributed by atoms with Crippen LogP contribution in [0.1, 0.15) is 24.6 Å². The molecular formula is C21H23F3N4O2S2. The topological polar surface area (TPSA) is 66.4 Å². The molecule has 0 bridgehead atoms. The van der Waals surface area contributed by atoms with E-state index >= 15 is 0 Å². The minimum Gasteiger partial charge on any atom is -0.356 e. The maximum atomic E-state index is 13.1. The summed E-state index contributed by atoms with van der Waals surface area (Å²) in [7, 11) is -3.60. The first-order valence-electron chi connectivity index (χ1n) is 10.3. The Labute approximate surface area is 188 Å². The van der Waals surface area contributed by atoms with Gasteiger partial charge in [-0.2, -0.15) is 17.5 Å². The van der Waals surface area contributed by atoms with Gasteiger partial charge in [-0.1, -0.05) is 25.1 Å². The second-order valence-electron chi connectivity index (χ2n) is 7.66. The lowest BCUT2D eigenvalue weighted by atomic mass is 10.0. The molecule has 3 aromatic rings. The first-order valence-corrected chi connectivity index (χ1v) is 12.6. The smallest absolute Gasteiger partial charge is 0.356 e. The van der Waals surface area contributed by atoms with Gasteiger partial charge in [-0.25, -0.2) is 18.4 Å². The zero-order chi connectivity index (χ0) is 22.9. The van der Waals surface area contributed by atoms with Crippen LogP contribution in [0.4, 0.5) is 19.0 Å². The van der Waals surface area contributed by atoms with Gasteiger partial charge in [-0.15, -0.1) is 11.3 Å². The number of anilines is 1. The van der Waals surface area contributed by atoms with Gasteiger partial charge >= 0.3 is 6.18 Å². The maximum Gasteiger partial charge on any atom is 0.393 e. The standard InChI is InChI=1S/C21H23F3N4O2S2/c1-2-28(32(29,30)17-6-4-3-5-7-17)15-8-10-27(11-9-15)19-18-12-16(13-21(22,23)24)31-20(18)26-14-25-19/h3-7,12,14-15H,2,8-11,13H2,1H3. The normalized spacial score (nSPS) is 16.2. The van der Waals surface area contributed by atoms with E-state index in [1.54, 1.807) is 34.6 Å². The highest BCUT2D eigenvalue weighted by Crippen LogP contribution is 2.35. The highest BCUT2D eigenvalue weighted by atomic mass is 32.2. The van der Waals surface area contributed by atoms with Crippen molar-refractivity contribution < 1.29 is 21.6 Å². The zero-order valence-electron chi connectivity index (χ0n) is 17.4. The third kappa shape index (κ3) is 4.74. The molecule has 1 aromatic carbocycles. The Kier molecular flexibility index (Phi) is 6.42. The number of hydrogen-bond acceptors (Lipinski definition) is 6. The third-order valence-corrected chi connectivity index (χ3v) is 8.65. The van der Waals surface area contributed by atoms with Crippen LogP contribution in [-0.2, 0) is 16.4 Å². The number of hydrogen-bond donors (Lipinski definition) is 0. The molecule has 0 spiro atoms. The van der Waals surface area contributed by atoms with E-state index in [1.807, 2.05) is 11.8 Å². The molecule has 1 aliphatic heterocycles.